The van der Waals surface area contributed by atoms with E-state index in [9.17, 15) is 0 Å². The first kappa shape index (κ1) is 12.4. The maximum atomic E-state index is 5.72. The van der Waals surface area contributed by atoms with Gasteiger partial charge in [0.1, 0.15) is 0 Å². The lowest BCUT2D eigenvalue weighted by Crippen LogP contribution is -1.96. The molecule has 0 spiro atoms. The summed E-state index contributed by atoms with van der Waals surface area (Å²) in [5.74, 6) is 0.664. The van der Waals surface area contributed by atoms with E-state index in [1.54, 1.807) is 12.1 Å². The van der Waals surface area contributed by atoms with Crippen molar-refractivity contribution < 1.29 is 0 Å². The highest BCUT2D eigenvalue weighted by molar-refractivity contribution is 9.10. The van der Waals surface area contributed by atoms with E-state index in [1.165, 1.54) is 0 Å². The number of nitrogens with zero attached hydrogens (tertiary/aromatic N) is 2. The van der Waals surface area contributed by atoms with Gasteiger partial charge in [-0.15, -0.1) is 10.2 Å². The van der Waals surface area contributed by atoms with E-state index < -0.39 is 0 Å². The van der Waals surface area contributed by atoms with Crippen LogP contribution in [0.15, 0.2) is 53.0 Å². The number of rotatable bonds is 2. The smallest absolute Gasteiger partial charge is 0.153 e. The van der Waals surface area contributed by atoms with Gasteiger partial charge in [0.2, 0.25) is 0 Å². The molecule has 1 N–H and O–H groups in total. The number of benzene rings is 2. The number of fused-ring (bicyclic) bond motifs is 1. The van der Waals surface area contributed by atoms with Crippen LogP contribution in [-0.2, 0) is 0 Å². The second kappa shape index (κ2) is 5.15. The van der Waals surface area contributed by atoms with Crippen molar-refractivity contribution in [3.63, 3.8) is 0 Å². The standard InChI is InChI=1S/C14H9BrClN3/c15-11-5-6-12(10-4-2-1-3-9(10)11)17-14-8-7-13(16)18-19-14/h1-8H,(H,17,19). The van der Waals surface area contributed by atoms with E-state index in [0.717, 1.165) is 20.9 Å². The van der Waals surface area contributed by atoms with Crippen molar-refractivity contribution in [2.45, 2.75) is 0 Å². The van der Waals surface area contributed by atoms with Crippen molar-refractivity contribution in [3.8, 4) is 0 Å². The third-order valence-electron chi connectivity index (χ3n) is 2.77. The van der Waals surface area contributed by atoms with Crippen molar-refractivity contribution >= 4 is 49.8 Å². The number of anilines is 2. The molecule has 0 saturated heterocycles. The average Bonchev–Trinajstić information content (AvgIpc) is 2.45. The maximum absolute atomic E-state index is 5.72. The van der Waals surface area contributed by atoms with E-state index in [2.05, 4.69) is 43.6 Å². The summed E-state index contributed by atoms with van der Waals surface area (Å²) in [6, 6.07) is 15.7. The molecule has 19 heavy (non-hydrogen) atoms. The molecule has 0 aliphatic rings. The summed E-state index contributed by atoms with van der Waals surface area (Å²) in [6.07, 6.45) is 0. The highest BCUT2D eigenvalue weighted by Gasteiger charge is 2.05. The Kier molecular flexibility index (Phi) is 3.36. The molecule has 0 bridgehead atoms. The van der Waals surface area contributed by atoms with Crippen LogP contribution in [-0.4, -0.2) is 10.2 Å². The van der Waals surface area contributed by atoms with Crippen molar-refractivity contribution in [1.82, 2.24) is 10.2 Å². The first-order valence-corrected chi connectivity index (χ1v) is 6.84. The van der Waals surface area contributed by atoms with Gasteiger partial charge in [-0.25, -0.2) is 0 Å². The Balaban J connectivity index is 2.06. The topological polar surface area (TPSA) is 37.8 Å². The van der Waals surface area contributed by atoms with Crippen LogP contribution in [0.3, 0.4) is 0 Å². The maximum Gasteiger partial charge on any atom is 0.153 e. The molecule has 1 aromatic heterocycles. The van der Waals surface area contributed by atoms with Gasteiger partial charge in [-0.05, 0) is 29.7 Å². The van der Waals surface area contributed by atoms with E-state index in [0.29, 0.717) is 11.0 Å². The molecule has 0 saturated carbocycles. The monoisotopic (exact) mass is 333 g/mol. The molecule has 1 heterocycles. The molecule has 0 aliphatic carbocycles. The molecule has 0 amide bonds. The van der Waals surface area contributed by atoms with Crippen LogP contribution in [0, 0.1) is 0 Å². The predicted molar refractivity (Wildman–Crippen MR) is 82.0 cm³/mol. The zero-order chi connectivity index (χ0) is 13.2. The Morgan fingerprint density at radius 2 is 1.68 bits per heavy atom. The molecule has 2 aromatic carbocycles. The zero-order valence-electron chi connectivity index (χ0n) is 9.77. The highest BCUT2D eigenvalue weighted by atomic mass is 79.9. The number of nitrogens with one attached hydrogen (secondary N) is 1. The molecule has 0 fully saturated rings. The summed E-state index contributed by atoms with van der Waals surface area (Å²) in [5.41, 5.74) is 0.982. The minimum atomic E-state index is 0.381. The van der Waals surface area contributed by atoms with Crippen LogP contribution in [0.1, 0.15) is 0 Å². The summed E-state index contributed by atoms with van der Waals surface area (Å²) >= 11 is 9.28. The summed E-state index contributed by atoms with van der Waals surface area (Å²) in [5, 5.41) is 13.7. The molecule has 0 aliphatic heterocycles. The van der Waals surface area contributed by atoms with Gasteiger partial charge in [0.05, 0.1) is 0 Å². The molecule has 0 atom stereocenters. The summed E-state index contributed by atoms with van der Waals surface area (Å²) in [7, 11) is 0. The normalized spacial score (nSPS) is 10.6. The SMILES string of the molecule is Clc1ccc(Nc2ccc(Br)c3ccccc23)nn1. The van der Waals surface area contributed by atoms with Gasteiger partial charge in [0, 0.05) is 15.5 Å². The predicted octanol–water partition coefficient (Wildman–Crippen LogP) is 4.79. The van der Waals surface area contributed by atoms with Gasteiger partial charge in [-0.2, -0.15) is 0 Å². The highest BCUT2D eigenvalue weighted by Crippen LogP contribution is 2.31. The molecule has 5 heteroatoms. The van der Waals surface area contributed by atoms with Gasteiger partial charge in [-0.3, -0.25) is 0 Å². The summed E-state index contributed by atoms with van der Waals surface area (Å²) in [6.45, 7) is 0. The fraction of sp³-hybridized carbons (Fsp3) is 0. The number of hydrogen-bond donors (Lipinski definition) is 1. The van der Waals surface area contributed by atoms with Crippen LogP contribution in [0.5, 0.6) is 0 Å². The molecule has 0 unspecified atom stereocenters. The van der Waals surface area contributed by atoms with E-state index in [-0.39, 0.29) is 0 Å². The lowest BCUT2D eigenvalue weighted by atomic mass is 10.1. The second-order valence-corrected chi connectivity index (χ2v) is 5.25. The molecule has 0 radical (unpaired) electrons. The van der Waals surface area contributed by atoms with E-state index >= 15 is 0 Å². The van der Waals surface area contributed by atoms with Crippen molar-refractivity contribution in [2.24, 2.45) is 0 Å². The third-order valence-corrected chi connectivity index (χ3v) is 3.66. The first-order chi connectivity index (χ1) is 9.24. The number of hydrogen-bond acceptors (Lipinski definition) is 3. The van der Waals surface area contributed by atoms with Crippen LogP contribution >= 0.6 is 27.5 Å². The van der Waals surface area contributed by atoms with Crippen molar-refractivity contribution in [2.75, 3.05) is 5.32 Å². The average molecular weight is 335 g/mol. The largest absolute Gasteiger partial charge is 0.338 e. The van der Waals surface area contributed by atoms with Crippen molar-refractivity contribution in [1.29, 1.82) is 0 Å². The molecule has 3 nitrogen and oxygen atoms in total. The Morgan fingerprint density at radius 1 is 0.895 bits per heavy atom. The van der Waals surface area contributed by atoms with Gasteiger partial charge < -0.3 is 5.32 Å². The van der Waals surface area contributed by atoms with Crippen LogP contribution in [0.2, 0.25) is 5.15 Å². The Morgan fingerprint density at radius 3 is 2.42 bits per heavy atom. The Bertz CT molecular complexity index is 728. The quantitative estimate of drug-likeness (QED) is 0.732. The third kappa shape index (κ3) is 2.55. The molecule has 3 rings (SSSR count). The molecule has 3 aromatic rings. The number of halogens is 2. The summed E-state index contributed by atoms with van der Waals surface area (Å²) < 4.78 is 1.07. The number of aromatic nitrogens is 2. The lowest BCUT2D eigenvalue weighted by Gasteiger charge is -2.09. The van der Waals surface area contributed by atoms with E-state index in [4.69, 9.17) is 11.6 Å². The fourth-order valence-corrected chi connectivity index (χ4v) is 2.47. The summed E-state index contributed by atoms with van der Waals surface area (Å²) in [4.78, 5) is 0. The molecule has 94 valence electrons. The van der Waals surface area contributed by atoms with E-state index in [1.807, 2.05) is 24.3 Å². The Labute approximate surface area is 123 Å². The van der Waals surface area contributed by atoms with Crippen LogP contribution in [0.4, 0.5) is 11.5 Å². The second-order valence-electron chi connectivity index (χ2n) is 4.01. The van der Waals surface area contributed by atoms with Crippen LogP contribution in [0.25, 0.3) is 10.8 Å². The van der Waals surface area contributed by atoms with Gasteiger partial charge in [0.25, 0.3) is 0 Å². The van der Waals surface area contributed by atoms with Crippen molar-refractivity contribution in [3.05, 3.63) is 58.2 Å². The first-order valence-electron chi connectivity index (χ1n) is 5.67. The Hall–Kier alpha value is -1.65. The molecular formula is C14H9BrClN3. The molecular weight excluding hydrogens is 326 g/mol. The fourth-order valence-electron chi connectivity index (χ4n) is 1.89. The lowest BCUT2D eigenvalue weighted by molar-refractivity contribution is 1.04. The minimum absolute atomic E-state index is 0.381. The zero-order valence-corrected chi connectivity index (χ0v) is 12.1. The van der Waals surface area contributed by atoms with Gasteiger partial charge in [0.15, 0.2) is 11.0 Å². The van der Waals surface area contributed by atoms with Crippen LogP contribution < -0.4 is 5.32 Å². The van der Waals surface area contributed by atoms with Gasteiger partial charge >= 0.3 is 0 Å². The van der Waals surface area contributed by atoms with Gasteiger partial charge in [-0.1, -0.05) is 51.8 Å². The minimum Gasteiger partial charge on any atom is -0.338 e.